The zero-order valence-corrected chi connectivity index (χ0v) is 12.3. The van der Waals surface area contributed by atoms with Gasteiger partial charge < -0.3 is 14.8 Å². The molecular weight excluding hydrogens is 228 g/mol. The first-order chi connectivity index (χ1) is 8.77. The van der Waals surface area contributed by atoms with Gasteiger partial charge in [-0.3, -0.25) is 4.90 Å². The van der Waals surface area contributed by atoms with Gasteiger partial charge >= 0.3 is 0 Å². The molecule has 0 aromatic heterocycles. The standard InChI is InChI=1S/C14H30N2O2/c1-4-17-10-8-16(9-11-18-5-2)12-14-6-7-15-13(14)3/h13-15H,4-12H2,1-3H3. The van der Waals surface area contributed by atoms with E-state index in [4.69, 9.17) is 9.47 Å². The minimum Gasteiger partial charge on any atom is -0.380 e. The maximum Gasteiger partial charge on any atom is 0.0593 e. The van der Waals surface area contributed by atoms with E-state index >= 15 is 0 Å². The molecule has 18 heavy (non-hydrogen) atoms. The van der Waals surface area contributed by atoms with E-state index in [9.17, 15) is 0 Å². The van der Waals surface area contributed by atoms with Crippen molar-refractivity contribution in [3.63, 3.8) is 0 Å². The molecule has 0 aromatic carbocycles. The zero-order chi connectivity index (χ0) is 13.2. The van der Waals surface area contributed by atoms with Crippen molar-refractivity contribution in [1.82, 2.24) is 10.2 Å². The first kappa shape index (κ1) is 15.9. The van der Waals surface area contributed by atoms with Crippen LogP contribution < -0.4 is 5.32 Å². The first-order valence-corrected chi connectivity index (χ1v) is 7.39. The van der Waals surface area contributed by atoms with Gasteiger partial charge in [0, 0.05) is 38.9 Å². The SMILES string of the molecule is CCOCCN(CCOCC)CC1CCNC1C. The highest BCUT2D eigenvalue weighted by molar-refractivity contribution is 4.82. The van der Waals surface area contributed by atoms with Crippen molar-refractivity contribution in [2.75, 3.05) is 52.6 Å². The predicted octanol–water partition coefficient (Wildman–Crippen LogP) is 1.36. The number of nitrogens with zero attached hydrogens (tertiary/aromatic N) is 1. The lowest BCUT2D eigenvalue weighted by Crippen LogP contribution is -2.38. The molecule has 1 N–H and O–H groups in total. The van der Waals surface area contributed by atoms with Crippen LogP contribution in [0.2, 0.25) is 0 Å². The summed E-state index contributed by atoms with van der Waals surface area (Å²) in [7, 11) is 0. The molecule has 1 rings (SSSR count). The van der Waals surface area contributed by atoms with E-state index in [2.05, 4.69) is 17.1 Å². The maximum atomic E-state index is 5.46. The summed E-state index contributed by atoms with van der Waals surface area (Å²) in [5, 5.41) is 3.52. The molecule has 2 unspecified atom stereocenters. The van der Waals surface area contributed by atoms with Crippen LogP contribution >= 0.6 is 0 Å². The fourth-order valence-corrected chi connectivity index (χ4v) is 2.46. The van der Waals surface area contributed by atoms with Crippen LogP contribution in [0.5, 0.6) is 0 Å². The summed E-state index contributed by atoms with van der Waals surface area (Å²) < 4.78 is 10.9. The van der Waals surface area contributed by atoms with E-state index in [1.165, 1.54) is 6.42 Å². The van der Waals surface area contributed by atoms with Gasteiger partial charge in [-0.05, 0) is 39.7 Å². The molecule has 1 heterocycles. The van der Waals surface area contributed by atoms with Crippen LogP contribution in [0, 0.1) is 5.92 Å². The van der Waals surface area contributed by atoms with E-state index in [-0.39, 0.29) is 0 Å². The van der Waals surface area contributed by atoms with Crippen LogP contribution in [0.15, 0.2) is 0 Å². The van der Waals surface area contributed by atoms with Crippen LogP contribution in [-0.2, 0) is 9.47 Å². The molecule has 0 spiro atoms. The van der Waals surface area contributed by atoms with Crippen molar-refractivity contribution in [2.45, 2.75) is 33.2 Å². The second-order valence-electron chi connectivity index (χ2n) is 4.99. The Bertz CT molecular complexity index is 192. The highest BCUT2D eigenvalue weighted by Crippen LogP contribution is 2.16. The van der Waals surface area contributed by atoms with Gasteiger partial charge in [-0.15, -0.1) is 0 Å². The Labute approximate surface area is 112 Å². The van der Waals surface area contributed by atoms with Gasteiger partial charge in [0.25, 0.3) is 0 Å². The van der Waals surface area contributed by atoms with E-state index in [0.717, 1.165) is 58.5 Å². The molecule has 1 aliphatic heterocycles. The number of ether oxygens (including phenoxy) is 2. The van der Waals surface area contributed by atoms with Gasteiger partial charge in [0.15, 0.2) is 0 Å². The maximum absolute atomic E-state index is 5.46. The van der Waals surface area contributed by atoms with E-state index in [0.29, 0.717) is 6.04 Å². The summed E-state index contributed by atoms with van der Waals surface area (Å²) in [5.74, 6) is 0.772. The zero-order valence-electron chi connectivity index (χ0n) is 12.3. The van der Waals surface area contributed by atoms with Crippen LogP contribution in [0.1, 0.15) is 27.2 Å². The highest BCUT2D eigenvalue weighted by Gasteiger charge is 2.24. The fraction of sp³-hybridized carbons (Fsp3) is 1.00. The summed E-state index contributed by atoms with van der Waals surface area (Å²) in [4.78, 5) is 2.49. The lowest BCUT2D eigenvalue weighted by Gasteiger charge is -2.27. The molecule has 1 saturated heterocycles. The summed E-state index contributed by atoms with van der Waals surface area (Å²) in [6.07, 6.45) is 1.29. The third-order valence-electron chi connectivity index (χ3n) is 3.69. The van der Waals surface area contributed by atoms with Crippen molar-refractivity contribution < 1.29 is 9.47 Å². The van der Waals surface area contributed by atoms with Gasteiger partial charge in [0.2, 0.25) is 0 Å². The molecule has 1 fully saturated rings. The fourth-order valence-electron chi connectivity index (χ4n) is 2.46. The molecule has 0 aliphatic carbocycles. The average molecular weight is 258 g/mol. The Balaban J connectivity index is 2.27. The van der Waals surface area contributed by atoms with Crippen molar-refractivity contribution in [1.29, 1.82) is 0 Å². The Morgan fingerprint density at radius 1 is 1.11 bits per heavy atom. The predicted molar refractivity (Wildman–Crippen MR) is 75.0 cm³/mol. The molecule has 2 atom stereocenters. The normalized spacial score (nSPS) is 24.0. The molecule has 0 radical (unpaired) electrons. The summed E-state index contributed by atoms with van der Waals surface area (Å²) in [6.45, 7) is 14.0. The number of nitrogens with one attached hydrogen (secondary N) is 1. The van der Waals surface area contributed by atoms with E-state index < -0.39 is 0 Å². The molecule has 1 aliphatic rings. The molecule has 0 amide bonds. The Kier molecular flexibility index (Phi) is 8.59. The van der Waals surface area contributed by atoms with Crippen LogP contribution in [0.3, 0.4) is 0 Å². The number of hydrogen-bond donors (Lipinski definition) is 1. The van der Waals surface area contributed by atoms with Gasteiger partial charge in [-0.2, -0.15) is 0 Å². The second kappa shape index (κ2) is 9.73. The molecular formula is C14H30N2O2. The van der Waals surface area contributed by atoms with E-state index in [1.54, 1.807) is 0 Å². The highest BCUT2D eigenvalue weighted by atomic mass is 16.5. The summed E-state index contributed by atoms with van der Waals surface area (Å²) in [6, 6.07) is 0.645. The monoisotopic (exact) mass is 258 g/mol. The molecule has 0 saturated carbocycles. The molecule has 0 bridgehead atoms. The largest absolute Gasteiger partial charge is 0.380 e. The van der Waals surface area contributed by atoms with Gasteiger partial charge in [0.05, 0.1) is 13.2 Å². The Hall–Kier alpha value is -0.160. The molecule has 108 valence electrons. The number of rotatable bonds is 10. The van der Waals surface area contributed by atoms with Gasteiger partial charge in [0.1, 0.15) is 0 Å². The quantitative estimate of drug-likeness (QED) is 0.600. The number of hydrogen-bond acceptors (Lipinski definition) is 4. The molecule has 4 nitrogen and oxygen atoms in total. The van der Waals surface area contributed by atoms with E-state index in [1.807, 2.05) is 13.8 Å². The van der Waals surface area contributed by atoms with Crippen molar-refractivity contribution in [2.24, 2.45) is 5.92 Å². The summed E-state index contributed by atoms with van der Waals surface area (Å²) >= 11 is 0. The lowest BCUT2D eigenvalue weighted by molar-refractivity contribution is 0.0749. The van der Waals surface area contributed by atoms with Gasteiger partial charge in [-0.1, -0.05) is 0 Å². The third-order valence-corrected chi connectivity index (χ3v) is 3.69. The third kappa shape index (κ3) is 6.14. The molecule has 0 aromatic rings. The van der Waals surface area contributed by atoms with Crippen LogP contribution in [0.4, 0.5) is 0 Å². The lowest BCUT2D eigenvalue weighted by atomic mass is 10.0. The minimum atomic E-state index is 0.645. The smallest absolute Gasteiger partial charge is 0.0593 e. The minimum absolute atomic E-state index is 0.645. The molecule has 4 heteroatoms. The average Bonchev–Trinajstić information content (AvgIpc) is 2.75. The topological polar surface area (TPSA) is 33.7 Å². The Morgan fingerprint density at radius 2 is 1.72 bits per heavy atom. The van der Waals surface area contributed by atoms with Gasteiger partial charge in [-0.25, -0.2) is 0 Å². The van der Waals surface area contributed by atoms with Crippen LogP contribution in [0.25, 0.3) is 0 Å². The van der Waals surface area contributed by atoms with Crippen LogP contribution in [-0.4, -0.2) is 63.5 Å². The first-order valence-electron chi connectivity index (χ1n) is 7.39. The van der Waals surface area contributed by atoms with Crippen molar-refractivity contribution >= 4 is 0 Å². The Morgan fingerprint density at radius 3 is 2.17 bits per heavy atom. The summed E-state index contributed by atoms with van der Waals surface area (Å²) in [5.41, 5.74) is 0. The van der Waals surface area contributed by atoms with Crippen molar-refractivity contribution in [3.05, 3.63) is 0 Å². The van der Waals surface area contributed by atoms with Crippen molar-refractivity contribution in [3.8, 4) is 0 Å². The second-order valence-corrected chi connectivity index (χ2v) is 4.99.